The summed E-state index contributed by atoms with van der Waals surface area (Å²) in [5.41, 5.74) is 3.47. The fourth-order valence-corrected chi connectivity index (χ4v) is 3.91. The molecule has 0 saturated carbocycles. The summed E-state index contributed by atoms with van der Waals surface area (Å²) in [5.74, 6) is 0.801. The normalized spacial score (nSPS) is 16.9. The van der Waals surface area contributed by atoms with Gasteiger partial charge in [0.05, 0.1) is 0 Å². The summed E-state index contributed by atoms with van der Waals surface area (Å²) in [6.45, 7) is 7.64. The smallest absolute Gasteiger partial charge is 0.253 e. The molecule has 0 N–H and O–H groups in total. The van der Waals surface area contributed by atoms with Crippen molar-refractivity contribution < 1.29 is 9.59 Å². The highest BCUT2D eigenvalue weighted by atomic mass is 16.2. The second-order valence-corrected chi connectivity index (χ2v) is 7.70. The lowest BCUT2D eigenvalue weighted by molar-refractivity contribution is 0.0739. The van der Waals surface area contributed by atoms with Crippen LogP contribution in [0.25, 0.3) is 11.1 Å². The molecule has 148 valence electrons. The zero-order valence-electron chi connectivity index (χ0n) is 17.1. The van der Waals surface area contributed by atoms with E-state index in [9.17, 15) is 9.59 Å². The van der Waals surface area contributed by atoms with Crippen LogP contribution in [0.2, 0.25) is 0 Å². The van der Waals surface area contributed by atoms with E-state index in [1.165, 1.54) is 0 Å². The third kappa shape index (κ3) is 4.68. The number of amides is 1. The van der Waals surface area contributed by atoms with E-state index in [1.807, 2.05) is 67.3 Å². The van der Waals surface area contributed by atoms with E-state index in [4.69, 9.17) is 0 Å². The third-order valence-corrected chi connectivity index (χ3v) is 5.61. The summed E-state index contributed by atoms with van der Waals surface area (Å²) in [7, 11) is 2.14. The number of rotatable bonds is 7. The average Bonchev–Trinajstić information content (AvgIpc) is 3.15. The van der Waals surface area contributed by atoms with E-state index in [-0.39, 0.29) is 11.7 Å². The minimum atomic E-state index is 0.0958. The summed E-state index contributed by atoms with van der Waals surface area (Å²) < 4.78 is 0. The molecule has 0 aromatic heterocycles. The number of hydrogen-bond acceptors (Lipinski definition) is 3. The van der Waals surface area contributed by atoms with Crippen LogP contribution < -0.4 is 0 Å². The standard InChI is InChI=1S/C24H30N2O2/c1-4-23(27)22-8-6-7-21(15-22)19-9-11-20(12-10-19)24(28)26(5-2)17-18-13-14-25(3)16-18/h6-12,15,18H,4-5,13-14,16-17H2,1-3H3. The first-order chi connectivity index (χ1) is 13.5. The van der Waals surface area contributed by atoms with Gasteiger partial charge in [-0.25, -0.2) is 0 Å². The summed E-state index contributed by atoms with van der Waals surface area (Å²) in [6.07, 6.45) is 1.66. The molecule has 3 rings (SSSR count). The van der Waals surface area contributed by atoms with Crippen LogP contribution >= 0.6 is 0 Å². The third-order valence-electron chi connectivity index (χ3n) is 5.61. The predicted molar refractivity (Wildman–Crippen MR) is 114 cm³/mol. The van der Waals surface area contributed by atoms with Gasteiger partial charge in [-0.15, -0.1) is 0 Å². The Bertz CT molecular complexity index is 829. The van der Waals surface area contributed by atoms with Gasteiger partial charge in [-0.1, -0.05) is 37.3 Å². The van der Waals surface area contributed by atoms with E-state index >= 15 is 0 Å². The molecule has 1 aliphatic rings. The number of hydrogen-bond donors (Lipinski definition) is 0. The SMILES string of the molecule is CCC(=O)c1cccc(-c2ccc(C(=O)N(CC)CC3CCN(C)C3)cc2)c1. The molecule has 2 aromatic carbocycles. The van der Waals surface area contributed by atoms with Crippen LogP contribution in [0.4, 0.5) is 0 Å². The predicted octanol–water partition coefficient (Wildman–Crippen LogP) is 4.36. The topological polar surface area (TPSA) is 40.6 Å². The van der Waals surface area contributed by atoms with Crippen molar-refractivity contribution in [2.75, 3.05) is 33.2 Å². The zero-order chi connectivity index (χ0) is 20.1. The summed E-state index contributed by atoms with van der Waals surface area (Å²) in [4.78, 5) is 29.2. The lowest BCUT2D eigenvalue weighted by Gasteiger charge is -2.24. The molecule has 1 aliphatic heterocycles. The number of carbonyl (C=O) groups is 2. The van der Waals surface area contributed by atoms with Crippen LogP contribution in [0.5, 0.6) is 0 Å². The summed E-state index contributed by atoms with van der Waals surface area (Å²) in [5, 5.41) is 0. The van der Waals surface area contributed by atoms with Gasteiger partial charge in [0, 0.05) is 37.2 Å². The van der Waals surface area contributed by atoms with Gasteiger partial charge in [0.15, 0.2) is 5.78 Å². The largest absolute Gasteiger partial charge is 0.339 e. The Morgan fingerprint density at radius 1 is 1.04 bits per heavy atom. The molecule has 0 radical (unpaired) electrons. The molecule has 0 bridgehead atoms. The molecule has 1 saturated heterocycles. The molecule has 1 atom stereocenters. The molecule has 4 nitrogen and oxygen atoms in total. The van der Waals surface area contributed by atoms with Gasteiger partial charge in [0.2, 0.25) is 0 Å². The van der Waals surface area contributed by atoms with Crippen molar-refractivity contribution in [3.05, 3.63) is 59.7 Å². The number of benzene rings is 2. The van der Waals surface area contributed by atoms with Crippen LogP contribution in [0.15, 0.2) is 48.5 Å². The van der Waals surface area contributed by atoms with Gasteiger partial charge in [-0.2, -0.15) is 0 Å². The zero-order valence-corrected chi connectivity index (χ0v) is 17.1. The molecule has 1 fully saturated rings. The Labute approximate surface area is 168 Å². The van der Waals surface area contributed by atoms with Crippen molar-refractivity contribution in [1.29, 1.82) is 0 Å². The molecular formula is C24H30N2O2. The molecule has 1 amide bonds. The van der Waals surface area contributed by atoms with Crippen LogP contribution in [0.1, 0.15) is 47.4 Å². The van der Waals surface area contributed by atoms with E-state index < -0.39 is 0 Å². The Morgan fingerprint density at radius 3 is 2.39 bits per heavy atom. The number of likely N-dealkylation sites (tertiary alicyclic amines) is 1. The van der Waals surface area contributed by atoms with E-state index in [1.54, 1.807) is 0 Å². The summed E-state index contributed by atoms with van der Waals surface area (Å²) in [6, 6.07) is 15.4. The Hall–Kier alpha value is -2.46. The van der Waals surface area contributed by atoms with E-state index in [2.05, 4.69) is 11.9 Å². The highest BCUT2D eigenvalue weighted by molar-refractivity contribution is 5.97. The van der Waals surface area contributed by atoms with Gasteiger partial charge in [-0.05, 0) is 62.2 Å². The molecule has 4 heteroatoms. The van der Waals surface area contributed by atoms with E-state index in [0.717, 1.165) is 54.9 Å². The van der Waals surface area contributed by atoms with Gasteiger partial charge in [-0.3, -0.25) is 9.59 Å². The van der Waals surface area contributed by atoms with Gasteiger partial charge < -0.3 is 9.80 Å². The molecule has 1 heterocycles. The molecular weight excluding hydrogens is 348 g/mol. The Morgan fingerprint density at radius 2 is 1.79 bits per heavy atom. The fourth-order valence-electron chi connectivity index (χ4n) is 3.91. The van der Waals surface area contributed by atoms with E-state index in [0.29, 0.717) is 12.3 Å². The second-order valence-electron chi connectivity index (χ2n) is 7.70. The van der Waals surface area contributed by atoms with Gasteiger partial charge >= 0.3 is 0 Å². The van der Waals surface area contributed by atoms with Crippen molar-refractivity contribution in [3.63, 3.8) is 0 Å². The highest BCUT2D eigenvalue weighted by Gasteiger charge is 2.24. The molecule has 0 spiro atoms. The lowest BCUT2D eigenvalue weighted by atomic mass is 9.99. The minimum Gasteiger partial charge on any atom is -0.339 e. The van der Waals surface area contributed by atoms with Gasteiger partial charge in [0.1, 0.15) is 0 Å². The molecule has 0 aliphatic carbocycles. The number of nitrogens with zero attached hydrogens (tertiary/aromatic N) is 2. The van der Waals surface area contributed by atoms with Crippen molar-refractivity contribution in [1.82, 2.24) is 9.80 Å². The lowest BCUT2D eigenvalue weighted by Crippen LogP contribution is -2.36. The first-order valence-corrected chi connectivity index (χ1v) is 10.2. The second kappa shape index (κ2) is 9.16. The molecule has 1 unspecified atom stereocenters. The van der Waals surface area contributed by atoms with Crippen LogP contribution in [0, 0.1) is 5.92 Å². The minimum absolute atomic E-state index is 0.0958. The first kappa shape index (κ1) is 20.3. The highest BCUT2D eigenvalue weighted by Crippen LogP contribution is 2.23. The van der Waals surface area contributed by atoms with Crippen LogP contribution in [0.3, 0.4) is 0 Å². The summed E-state index contributed by atoms with van der Waals surface area (Å²) >= 11 is 0. The average molecular weight is 379 g/mol. The number of ketones is 1. The monoisotopic (exact) mass is 378 g/mol. The first-order valence-electron chi connectivity index (χ1n) is 10.2. The van der Waals surface area contributed by atoms with Crippen LogP contribution in [-0.2, 0) is 0 Å². The Kier molecular flexibility index (Phi) is 6.63. The quantitative estimate of drug-likeness (QED) is 0.672. The molecule has 2 aromatic rings. The number of carbonyl (C=O) groups excluding carboxylic acids is 2. The maximum absolute atomic E-state index is 12.9. The van der Waals surface area contributed by atoms with Gasteiger partial charge in [0.25, 0.3) is 5.91 Å². The van der Waals surface area contributed by atoms with Crippen molar-refractivity contribution >= 4 is 11.7 Å². The maximum atomic E-state index is 12.9. The van der Waals surface area contributed by atoms with Crippen molar-refractivity contribution in [2.45, 2.75) is 26.7 Å². The van der Waals surface area contributed by atoms with Crippen molar-refractivity contribution in [3.8, 4) is 11.1 Å². The molecule has 28 heavy (non-hydrogen) atoms. The fraction of sp³-hybridized carbons (Fsp3) is 0.417. The van der Waals surface area contributed by atoms with Crippen molar-refractivity contribution in [2.24, 2.45) is 5.92 Å². The Balaban J connectivity index is 1.72. The number of Topliss-reactive ketones (excluding diaryl/α,β-unsaturated/α-hetero) is 1. The van der Waals surface area contributed by atoms with Crippen LogP contribution in [-0.4, -0.2) is 54.7 Å². The maximum Gasteiger partial charge on any atom is 0.253 e.